The lowest BCUT2D eigenvalue weighted by Gasteiger charge is -2.12. The molecule has 0 fully saturated rings. The smallest absolute Gasteiger partial charge is 0.262 e. The van der Waals surface area contributed by atoms with Crippen molar-refractivity contribution in [1.29, 1.82) is 0 Å². The highest BCUT2D eigenvalue weighted by molar-refractivity contribution is 7.71. The van der Waals surface area contributed by atoms with Crippen molar-refractivity contribution >= 4 is 35.8 Å². The fraction of sp³-hybridized carbons (Fsp3) is 0.0500. The quantitative estimate of drug-likeness (QED) is 0.673. The molecule has 0 amide bonds. The molecule has 2 heterocycles. The number of hydrogen-bond acceptors (Lipinski definition) is 4. The molecule has 0 saturated heterocycles. The molecule has 0 aliphatic carbocycles. The fourth-order valence-corrected chi connectivity index (χ4v) is 3.20. The van der Waals surface area contributed by atoms with Gasteiger partial charge in [-0.25, -0.2) is 0 Å². The van der Waals surface area contributed by atoms with Gasteiger partial charge in [0, 0.05) is 17.4 Å². The van der Waals surface area contributed by atoms with Crippen molar-refractivity contribution in [2.75, 3.05) is 0 Å². The van der Waals surface area contributed by atoms with E-state index in [1.165, 1.54) is 4.57 Å². The number of aromatic nitrogens is 2. The van der Waals surface area contributed by atoms with Crippen molar-refractivity contribution < 1.29 is 5.11 Å². The summed E-state index contributed by atoms with van der Waals surface area (Å²) in [7, 11) is 0. The highest BCUT2D eigenvalue weighted by Crippen LogP contribution is 2.33. The van der Waals surface area contributed by atoms with Crippen LogP contribution in [0.15, 0.2) is 58.3 Å². The van der Waals surface area contributed by atoms with E-state index in [4.69, 9.17) is 12.2 Å². The van der Waals surface area contributed by atoms with E-state index in [0.717, 1.165) is 22.4 Å². The van der Waals surface area contributed by atoms with E-state index in [-0.39, 0.29) is 16.2 Å². The molecule has 0 saturated carbocycles. The Labute approximate surface area is 154 Å². The van der Waals surface area contributed by atoms with Crippen molar-refractivity contribution in [2.45, 2.75) is 6.92 Å². The fourth-order valence-electron chi connectivity index (χ4n) is 2.91. The summed E-state index contributed by atoms with van der Waals surface area (Å²) in [5, 5.41) is 10.8. The molecule has 0 atom stereocenters. The van der Waals surface area contributed by atoms with Gasteiger partial charge in [0.15, 0.2) is 4.77 Å². The number of aryl methyl sites for hydroxylation is 1. The number of benzene rings is 2. The molecule has 0 spiro atoms. The van der Waals surface area contributed by atoms with Gasteiger partial charge in [-0.15, -0.1) is 0 Å². The number of hydrogen-bond donors (Lipinski definition) is 2. The summed E-state index contributed by atoms with van der Waals surface area (Å²) < 4.78 is 1.58. The third kappa shape index (κ3) is 2.70. The summed E-state index contributed by atoms with van der Waals surface area (Å²) in [6, 6.07) is 15.1. The Morgan fingerprint density at radius 3 is 2.65 bits per heavy atom. The lowest BCUT2D eigenvalue weighted by Crippen LogP contribution is -2.16. The Balaban J connectivity index is 1.91. The zero-order valence-corrected chi connectivity index (χ0v) is 14.7. The predicted molar refractivity (Wildman–Crippen MR) is 106 cm³/mol. The first-order chi connectivity index (χ1) is 12.5. The van der Waals surface area contributed by atoms with E-state index in [1.54, 1.807) is 12.3 Å². The number of nitrogens with one attached hydrogen (secondary N) is 1. The summed E-state index contributed by atoms with van der Waals surface area (Å²) in [6.07, 6.45) is 3.31. The second-order valence-electron chi connectivity index (χ2n) is 6.04. The molecule has 4 rings (SSSR count). The summed E-state index contributed by atoms with van der Waals surface area (Å²) >= 11 is 5.25. The normalized spacial score (nSPS) is 14.0. The van der Waals surface area contributed by atoms with Crippen LogP contribution in [0.3, 0.4) is 0 Å². The number of aliphatic imine (C=N–C) groups is 1. The van der Waals surface area contributed by atoms with Crippen LogP contribution in [0.25, 0.3) is 17.3 Å². The molecule has 3 aromatic rings. The highest BCUT2D eigenvalue weighted by Gasteiger charge is 2.16. The summed E-state index contributed by atoms with van der Waals surface area (Å²) in [4.78, 5) is 19.4. The van der Waals surface area contributed by atoms with E-state index in [0.29, 0.717) is 5.69 Å². The average molecular weight is 361 g/mol. The van der Waals surface area contributed by atoms with Gasteiger partial charge >= 0.3 is 0 Å². The zero-order chi connectivity index (χ0) is 18.3. The maximum Gasteiger partial charge on any atom is 0.262 e. The van der Waals surface area contributed by atoms with Crippen LogP contribution in [0, 0.1) is 11.7 Å². The van der Waals surface area contributed by atoms with Crippen molar-refractivity contribution in [1.82, 2.24) is 9.55 Å². The second-order valence-corrected chi connectivity index (χ2v) is 6.43. The van der Waals surface area contributed by atoms with E-state index < -0.39 is 5.56 Å². The van der Waals surface area contributed by atoms with Crippen molar-refractivity contribution in [3.05, 3.63) is 80.3 Å². The van der Waals surface area contributed by atoms with Crippen LogP contribution in [0.2, 0.25) is 0 Å². The van der Waals surface area contributed by atoms with Crippen LogP contribution >= 0.6 is 12.2 Å². The third-order valence-electron chi connectivity index (χ3n) is 4.27. The van der Waals surface area contributed by atoms with E-state index in [2.05, 4.69) is 9.98 Å². The summed E-state index contributed by atoms with van der Waals surface area (Å²) in [5.74, 6) is -0.201. The lowest BCUT2D eigenvalue weighted by atomic mass is 10.1. The first kappa shape index (κ1) is 16.2. The van der Waals surface area contributed by atoms with Crippen LogP contribution in [0.4, 0.5) is 5.69 Å². The Bertz CT molecular complexity index is 1180. The number of allylic oxidation sites excluding steroid dienone is 1. The molecule has 6 heteroatoms. The summed E-state index contributed by atoms with van der Waals surface area (Å²) in [6.45, 7) is 1.97. The second kappa shape index (κ2) is 6.24. The molecule has 1 aliphatic heterocycles. The molecule has 128 valence electrons. The number of rotatable bonds is 2. The monoisotopic (exact) mass is 361 g/mol. The van der Waals surface area contributed by atoms with Crippen LogP contribution in [0.1, 0.15) is 16.7 Å². The Hall–Kier alpha value is -3.25. The molecule has 0 bridgehead atoms. The zero-order valence-electron chi connectivity index (χ0n) is 13.9. The largest absolute Gasteiger partial charge is 0.494 e. The van der Waals surface area contributed by atoms with Gasteiger partial charge in [0.1, 0.15) is 5.56 Å². The average Bonchev–Trinajstić information content (AvgIpc) is 3.03. The van der Waals surface area contributed by atoms with Crippen molar-refractivity contribution in [3.63, 3.8) is 0 Å². The first-order valence-corrected chi connectivity index (χ1v) is 8.46. The Morgan fingerprint density at radius 1 is 1.15 bits per heavy atom. The number of para-hydroxylation sites is 1. The molecule has 2 aromatic carbocycles. The number of fused-ring (bicyclic) bond motifs is 1. The summed E-state index contributed by atoms with van der Waals surface area (Å²) in [5.41, 5.74) is 3.96. The first-order valence-electron chi connectivity index (χ1n) is 8.05. The van der Waals surface area contributed by atoms with Crippen molar-refractivity contribution in [2.24, 2.45) is 4.99 Å². The molecule has 2 N–H and O–H groups in total. The molecule has 0 radical (unpaired) electrons. The molecular formula is C20H15N3O2S. The van der Waals surface area contributed by atoms with Gasteiger partial charge in [0.2, 0.25) is 5.88 Å². The molecule has 5 nitrogen and oxygen atoms in total. The van der Waals surface area contributed by atoms with Gasteiger partial charge in [0.05, 0.1) is 11.4 Å². The minimum absolute atomic E-state index is 0.136. The van der Waals surface area contributed by atoms with Gasteiger partial charge in [-0.05, 0) is 43.4 Å². The van der Waals surface area contributed by atoms with Crippen LogP contribution in [-0.4, -0.2) is 20.9 Å². The van der Waals surface area contributed by atoms with E-state index >= 15 is 0 Å². The van der Waals surface area contributed by atoms with Gasteiger partial charge in [-0.3, -0.25) is 19.3 Å². The van der Waals surface area contributed by atoms with Crippen LogP contribution < -0.4 is 5.56 Å². The van der Waals surface area contributed by atoms with Gasteiger partial charge in [0.25, 0.3) is 5.56 Å². The topological polar surface area (TPSA) is 70.4 Å². The van der Waals surface area contributed by atoms with Crippen LogP contribution in [-0.2, 0) is 0 Å². The van der Waals surface area contributed by atoms with Gasteiger partial charge in [-0.1, -0.05) is 35.9 Å². The maximum absolute atomic E-state index is 12.4. The highest BCUT2D eigenvalue weighted by atomic mass is 32.1. The molecule has 0 unspecified atom stereocenters. The lowest BCUT2D eigenvalue weighted by molar-refractivity contribution is 0.432. The number of nitrogens with zero attached hydrogens (tertiary/aromatic N) is 2. The van der Waals surface area contributed by atoms with Gasteiger partial charge in [-0.2, -0.15) is 0 Å². The molecule has 1 aromatic heterocycles. The molecule has 1 aliphatic rings. The predicted octanol–water partition coefficient (Wildman–Crippen LogP) is 4.17. The standard InChI is InChI=1S/C20H15N3O2S/c1-12-6-8-14(9-7-12)23-19(25)16(18(24)22-20(23)26)10-13-11-21-17-5-3-2-4-15(13)17/h2-11,25H,1H3,(H,22,24,26)/b13-10+. The van der Waals surface area contributed by atoms with E-state index in [9.17, 15) is 9.90 Å². The molecule has 26 heavy (non-hydrogen) atoms. The third-order valence-corrected chi connectivity index (χ3v) is 4.56. The van der Waals surface area contributed by atoms with E-state index in [1.807, 2.05) is 55.5 Å². The van der Waals surface area contributed by atoms with Crippen molar-refractivity contribution in [3.8, 4) is 11.6 Å². The number of H-pyrrole nitrogens is 1. The number of aromatic amines is 1. The van der Waals surface area contributed by atoms with Gasteiger partial charge < -0.3 is 5.11 Å². The number of aromatic hydroxyl groups is 1. The minimum atomic E-state index is -0.443. The SMILES string of the molecule is Cc1ccc(-n2c(O)c(/C=C3\C=Nc4ccccc43)c(=O)[nH]c2=S)cc1. The van der Waals surface area contributed by atoms with Crippen LogP contribution in [0.5, 0.6) is 5.88 Å². The Morgan fingerprint density at radius 2 is 1.88 bits per heavy atom. The minimum Gasteiger partial charge on any atom is -0.494 e. The molecular weight excluding hydrogens is 346 g/mol. The maximum atomic E-state index is 12.4. The Kier molecular flexibility index (Phi) is 3.89.